The van der Waals surface area contributed by atoms with Crippen LogP contribution in [0.4, 0.5) is 29.5 Å². The normalized spacial score (nSPS) is 11.3. The van der Waals surface area contributed by atoms with Crippen LogP contribution in [0.2, 0.25) is 5.02 Å². The summed E-state index contributed by atoms with van der Waals surface area (Å²) >= 11 is 5.87. The molecule has 0 aliphatic carbocycles. The van der Waals surface area contributed by atoms with Crippen molar-refractivity contribution in [3.05, 3.63) is 76.4 Å². The van der Waals surface area contributed by atoms with Crippen LogP contribution < -0.4 is 10.6 Å². The number of hydrogen-bond donors (Lipinski definition) is 2. The number of aryl methyl sites for hydroxylation is 1. The topological polar surface area (TPSA) is 59.0 Å². The summed E-state index contributed by atoms with van der Waals surface area (Å²) < 4.78 is 40.1. The zero-order valence-electron chi connectivity index (χ0n) is 14.7. The van der Waals surface area contributed by atoms with Gasteiger partial charge in [-0.05, 0) is 42.8 Å². The Morgan fingerprint density at radius 2 is 1.86 bits per heavy atom. The highest BCUT2D eigenvalue weighted by atomic mass is 35.5. The quantitative estimate of drug-likeness (QED) is 0.594. The first-order valence-electron chi connectivity index (χ1n) is 8.25. The van der Waals surface area contributed by atoms with Crippen LogP contribution in [-0.2, 0) is 12.7 Å². The number of amides is 2. The third-order valence-corrected chi connectivity index (χ3v) is 4.13. The minimum Gasteiger partial charge on any atom is -0.308 e. The average molecular weight is 409 g/mol. The lowest BCUT2D eigenvalue weighted by molar-refractivity contribution is -0.137. The van der Waals surface area contributed by atoms with Gasteiger partial charge in [-0.25, -0.2) is 4.79 Å². The molecule has 9 heteroatoms. The number of urea groups is 1. The van der Waals surface area contributed by atoms with Gasteiger partial charge in [0.25, 0.3) is 0 Å². The van der Waals surface area contributed by atoms with E-state index in [1.54, 1.807) is 43.3 Å². The third kappa shape index (κ3) is 5.04. The number of anilines is 2. The summed E-state index contributed by atoms with van der Waals surface area (Å²) in [6.45, 7) is 1.90. The van der Waals surface area contributed by atoms with Crippen LogP contribution in [0.3, 0.4) is 0 Å². The molecule has 0 radical (unpaired) electrons. The van der Waals surface area contributed by atoms with E-state index in [0.29, 0.717) is 22.0 Å². The number of carbonyl (C=O) groups excluding carboxylic acids is 1. The Bertz CT molecular complexity index is 1000. The molecule has 0 spiro atoms. The molecule has 3 aromatic rings. The summed E-state index contributed by atoms with van der Waals surface area (Å²) in [6.07, 6.45) is -4.40. The van der Waals surface area contributed by atoms with Gasteiger partial charge in [0.05, 0.1) is 12.1 Å². The van der Waals surface area contributed by atoms with E-state index in [-0.39, 0.29) is 12.4 Å². The monoisotopic (exact) mass is 408 g/mol. The maximum atomic E-state index is 12.9. The Kier molecular flexibility index (Phi) is 5.60. The number of nitrogens with one attached hydrogen (secondary N) is 2. The van der Waals surface area contributed by atoms with Gasteiger partial charge >= 0.3 is 12.2 Å². The molecule has 1 heterocycles. The van der Waals surface area contributed by atoms with Gasteiger partial charge in [-0.1, -0.05) is 29.8 Å². The molecule has 2 aromatic carbocycles. The maximum Gasteiger partial charge on any atom is 0.416 e. The van der Waals surface area contributed by atoms with Gasteiger partial charge in [0.1, 0.15) is 0 Å². The minimum atomic E-state index is -4.40. The van der Waals surface area contributed by atoms with E-state index in [1.807, 2.05) is 0 Å². The molecule has 28 heavy (non-hydrogen) atoms. The van der Waals surface area contributed by atoms with Crippen molar-refractivity contribution < 1.29 is 18.0 Å². The maximum absolute atomic E-state index is 12.9. The number of carbonyl (C=O) groups is 1. The van der Waals surface area contributed by atoms with Crippen molar-refractivity contribution in [2.45, 2.75) is 19.6 Å². The molecule has 0 fully saturated rings. The molecule has 0 saturated heterocycles. The van der Waals surface area contributed by atoms with E-state index >= 15 is 0 Å². The lowest BCUT2D eigenvalue weighted by atomic mass is 10.1. The van der Waals surface area contributed by atoms with E-state index in [4.69, 9.17) is 11.6 Å². The highest BCUT2D eigenvalue weighted by molar-refractivity contribution is 6.30. The molecule has 0 saturated carbocycles. The van der Waals surface area contributed by atoms with Crippen molar-refractivity contribution in [2.24, 2.45) is 0 Å². The van der Waals surface area contributed by atoms with Crippen molar-refractivity contribution in [2.75, 3.05) is 10.6 Å². The van der Waals surface area contributed by atoms with Crippen LogP contribution in [0.5, 0.6) is 0 Å². The molecule has 2 amide bonds. The van der Waals surface area contributed by atoms with E-state index in [2.05, 4.69) is 15.7 Å². The van der Waals surface area contributed by atoms with Crippen molar-refractivity contribution in [3.63, 3.8) is 0 Å². The highest BCUT2D eigenvalue weighted by Crippen LogP contribution is 2.29. The molecular weight excluding hydrogens is 393 g/mol. The first-order chi connectivity index (χ1) is 13.2. The molecule has 2 N–H and O–H groups in total. The summed E-state index contributed by atoms with van der Waals surface area (Å²) in [4.78, 5) is 12.1. The molecule has 0 unspecified atom stereocenters. The average Bonchev–Trinajstić information content (AvgIpc) is 2.93. The Balaban J connectivity index is 1.69. The van der Waals surface area contributed by atoms with E-state index in [1.165, 1.54) is 10.7 Å². The summed E-state index contributed by atoms with van der Waals surface area (Å²) in [5.41, 5.74) is 0.950. The van der Waals surface area contributed by atoms with Gasteiger partial charge in [0.2, 0.25) is 0 Å². The Labute approximate surface area is 164 Å². The van der Waals surface area contributed by atoms with E-state index in [0.717, 1.165) is 12.1 Å². The van der Waals surface area contributed by atoms with Gasteiger partial charge in [0, 0.05) is 22.5 Å². The number of halogens is 4. The number of benzene rings is 2. The van der Waals surface area contributed by atoms with Gasteiger partial charge in [-0.15, -0.1) is 0 Å². The number of rotatable bonds is 4. The van der Waals surface area contributed by atoms with Crippen LogP contribution in [0.15, 0.2) is 54.6 Å². The summed E-state index contributed by atoms with van der Waals surface area (Å²) in [5, 5.41) is 9.93. The van der Waals surface area contributed by atoms with E-state index < -0.39 is 17.8 Å². The van der Waals surface area contributed by atoms with Gasteiger partial charge in [-0.3, -0.25) is 10.00 Å². The van der Waals surface area contributed by atoms with Crippen LogP contribution >= 0.6 is 11.6 Å². The molecule has 0 aliphatic heterocycles. The Morgan fingerprint density at radius 3 is 2.57 bits per heavy atom. The standard InChI is InChI=1S/C19H16ClF3N4O/c1-12-8-17(25-18(28)24-16-7-3-6-15(20)10-16)26-27(12)11-13-4-2-5-14(9-13)19(21,22)23/h2-10H,11H2,1H3,(H2,24,25,26,28). The number of alkyl halides is 3. The first kappa shape index (κ1) is 19.8. The lowest BCUT2D eigenvalue weighted by Crippen LogP contribution is -2.19. The van der Waals surface area contributed by atoms with Gasteiger partial charge in [0.15, 0.2) is 5.82 Å². The predicted molar refractivity (Wildman–Crippen MR) is 102 cm³/mol. The Morgan fingerprint density at radius 1 is 1.11 bits per heavy atom. The molecule has 0 bridgehead atoms. The van der Waals surface area contributed by atoms with Gasteiger partial charge in [-0.2, -0.15) is 18.3 Å². The second kappa shape index (κ2) is 7.93. The van der Waals surface area contributed by atoms with Crippen molar-refractivity contribution >= 4 is 29.1 Å². The van der Waals surface area contributed by atoms with E-state index in [9.17, 15) is 18.0 Å². The summed E-state index contributed by atoms with van der Waals surface area (Å²) in [7, 11) is 0. The predicted octanol–water partition coefficient (Wildman–Crippen LogP) is 5.56. The van der Waals surface area contributed by atoms with Crippen LogP contribution in [0.1, 0.15) is 16.8 Å². The van der Waals surface area contributed by atoms with Crippen LogP contribution in [-0.4, -0.2) is 15.8 Å². The van der Waals surface area contributed by atoms with Crippen molar-refractivity contribution in [3.8, 4) is 0 Å². The molecule has 0 aliphatic rings. The third-order valence-electron chi connectivity index (χ3n) is 3.89. The Hall–Kier alpha value is -3.00. The molecule has 5 nitrogen and oxygen atoms in total. The molecule has 3 rings (SSSR count). The summed E-state index contributed by atoms with van der Waals surface area (Å²) in [6, 6.07) is 12.8. The SMILES string of the molecule is Cc1cc(NC(=O)Nc2cccc(Cl)c2)nn1Cc1cccc(C(F)(F)F)c1. The first-order valence-corrected chi connectivity index (χ1v) is 8.63. The fraction of sp³-hybridized carbons (Fsp3) is 0.158. The number of hydrogen-bond acceptors (Lipinski definition) is 2. The fourth-order valence-corrected chi connectivity index (χ4v) is 2.79. The van der Waals surface area contributed by atoms with Crippen LogP contribution in [0, 0.1) is 6.92 Å². The second-order valence-electron chi connectivity index (χ2n) is 6.12. The largest absolute Gasteiger partial charge is 0.416 e. The molecule has 146 valence electrons. The fourth-order valence-electron chi connectivity index (χ4n) is 2.60. The number of aromatic nitrogens is 2. The highest BCUT2D eigenvalue weighted by Gasteiger charge is 2.30. The number of nitrogens with zero attached hydrogens (tertiary/aromatic N) is 2. The minimum absolute atomic E-state index is 0.146. The van der Waals surface area contributed by atoms with Crippen LogP contribution in [0.25, 0.3) is 0 Å². The smallest absolute Gasteiger partial charge is 0.308 e. The van der Waals surface area contributed by atoms with Gasteiger partial charge < -0.3 is 5.32 Å². The molecule has 1 aromatic heterocycles. The zero-order valence-corrected chi connectivity index (χ0v) is 15.5. The van der Waals surface area contributed by atoms with Crippen molar-refractivity contribution in [1.29, 1.82) is 0 Å². The molecule has 0 atom stereocenters. The van der Waals surface area contributed by atoms with Crippen molar-refractivity contribution in [1.82, 2.24) is 9.78 Å². The second-order valence-corrected chi connectivity index (χ2v) is 6.55. The summed E-state index contributed by atoms with van der Waals surface area (Å²) in [5.74, 6) is 0.281. The lowest BCUT2D eigenvalue weighted by Gasteiger charge is -2.09. The molecular formula is C19H16ClF3N4O. The zero-order chi connectivity index (χ0) is 20.3.